The van der Waals surface area contributed by atoms with Gasteiger partial charge in [-0.05, 0) is 36.8 Å². The van der Waals surface area contributed by atoms with Gasteiger partial charge < -0.3 is 15.0 Å². The van der Waals surface area contributed by atoms with Gasteiger partial charge in [-0.2, -0.15) is 0 Å². The summed E-state index contributed by atoms with van der Waals surface area (Å²) in [6, 6.07) is 6.99. The van der Waals surface area contributed by atoms with Crippen molar-refractivity contribution < 1.29 is 13.9 Å². The fraction of sp³-hybridized carbons (Fsp3) is 0.611. The van der Waals surface area contributed by atoms with Crippen LogP contribution in [0, 0.1) is 11.7 Å². The van der Waals surface area contributed by atoms with Gasteiger partial charge in [-0.1, -0.05) is 18.2 Å². The molecule has 5 heteroatoms. The van der Waals surface area contributed by atoms with E-state index >= 15 is 0 Å². The SMILES string of the molecule is O=C(C[C@@H]1CNCCO1)N1CCC(Cc2ccccc2F)CC1. The zero-order chi connectivity index (χ0) is 16.1. The lowest BCUT2D eigenvalue weighted by Crippen LogP contribution is -2.44. The van der Waals surface area contributed by atoms with Gasteiger partial charge in [0.05, 0.1) is 19.1 Å². The molecule has 23 heavy (non-hydrogen) atoms. The Morgan fingerprint density at radius 3 is 2.78 bits per heavy atom. The van der Waals surface area contributed by atoms with E-state index in [0.717, 1.165) is 51.0 Å². The highest BCUT2D eigenvalue weighted by Crippen LogP contribution is 2.23. The maximum absolute atomic E-state index is 13.7. The molecule has 1 amide bonds. The van der Waals surface area contributed by atoms with Gasteiger partial charge in [0, 0.05) is 26.2 Å². The van der Waals surface area contributed by atoms with Crippen LogP contribution in [0.3, 0.4) is 0 Å². The monoisotopic (exact) mass is 320 g/mol. The lowest BCUT2D eigenvalue weighted by atomic mass is 9.90. The number of halogens is 1. The highest BCUT2D eigenvalue weighted by molar-refractivity contribution is 5.76. The number of piperidine rings is 1. The molecule has 2 aliphatic heterocycles. The molecule has 126 valence electrons. The molecule has 2 fully saturated rings. The minimum absolute atomic E-state index is 0.00684. The first-order valence-corrected chi connectivity index (χ1v) is 8.56. The predicted octanol–water partition coefficient (Wildman–Crippen LogP) is 1.99. The highest BCUT2D eigenvalue weighted by atomic mass is 19.1. The van der Waals surface area contributed by atoms with Gasteiger partial charge >= 0.3 is 0 Å². The summed E-state index contributed by atoms with van der Waals surface area (Å²) < 4.78 is 19.3. The first-order valence-electron chi connectivity index (χ1n) is 8.56. The lowest BCUT2D eigenvalue weighted by Gasteiger charge is -2.33. The van der Waals surface area contributed by atoms with Gasteiger partial charge in [-0.15, -0.1) is 0 Å². The third-order valence-corrected chi connectivity index (χ3v) is 4.84. The minimum atomic E-state index is -0.118. The van der Waals surface area contributed by atoms with Gasteiger partial charge in [0.2, 0.25) is 5.91 Å². The van der Waals surface area contributed by atoms with Crippen molar-refractivity contribution in [2.24, 2.45) is 5.92 Å². The number of carbonyl (C=O) groups excluding carboxylic acids is 1. The van der Waals surface area contributed by atoms with Gasteiger partial charge in [0.1, 0.15) is 5.82 Å². The summed E-state index contributed by atoms with van der Waals surface area (Å²) in [5, 5.41) is 3.25. The summed E-state index contributed by atoms with van der Waals surface area (Å²) in [6.07, 6.45) is 3.13. The minimum Gasteiger partial charge on any atom is -0.375 e. The molecular weight excluding hydrogens is 295 g/mol. The number of rotatable bonds is 4. The van der Waals surface area contributed by atoms with Gasteiger partial charge in [0.25, 0.3) is 0 Å². The Morgan fingerprint density at radius 1 is 1.30 bits per heavy atom. The second-order valence-corrected chi connectivity index (χ2v) is 6.52. The maximum Gasteiger partial charge on any atom is 0.225 e. The van der Waals surface area contributed by atoms with Crippen LogP contribution in [0.2, 0.25) is 0 Å². The van der Waals surface area contributed by atoms with Gasteiger partial charge in [-0.3, -0.25) is 4.79 Å². The van der Waals surface area contributed by atoms with E-state index in [2.05, 4.69) is 5.32 Å². The van der Waals surface area contributed by atoms with Crippen LogP contribution < -0.4 is 5.32 Å². The molecule has 0 aliphatic carbocycles. The number of likely N-dealkylation sites (tertiary alicyclic amines) is 1. The number of ether oxygens (including phenoxy) is 1. The summed E-state index contributed by atoms with van der Waals surface area (Å²) >= 11 is 0. The van der Waals surface area contributed by atoms with Crippen LogP contribution in [0.5, 0.6) is 0 Å². The fourth-order valence-corrected chi connectivity index (χ4v) is 3.44. The smallest absolute Gasteiger partial charge is 0.225 e. The van der Waals surface area contributed by atoms with E-state index in [-0.39, 0.29) is 17.8 Å². The Morgan fingerprint density at radius 2 is 2.09 bits per heavy atom. The molecule has 2 saturated heterocycles. The Bertz CT molecular complexity index is 524. The number of amides is 1. The van der Waals surface area contributed by atoms with Crippen molar-refractivity contribution in [3.05, 3.63) is 35.6 Å². The number of nitrogens with one attached hydrogen (secondary N) is 1. The summed E-state index contributed by atoms with van der Waals surface area (Å²) in [7, 11) is 0. The first-order chi connectivity index (χ1) is 11.2. The van der Waals surface area contributed by atoms with Crippen LogP contribution in [0.25, 0.3) is 0 Å². The predicted molar refractivity (Wildman–Crippen MR) is 86.6 cm³/mol. The average molecular weight is 320 g/mol. The Hall–Kier alpha value is -1.46. The zero-order valence-corrected chi connectivity index (χ0v) is 13.5. The summed E-state index contributed by atoms with van der Waals surface area (Å²) in [5.41, 5.74) is 0.791. The summed E-state index contributed by atoms with van der Waals surface area (Å²) in [5.74, 6) is 0.527. The number of hydrogen-bond donors (Lipinski definition) is 1. The molecule has 1 aromatic carbocycles. The average Bonchev–Trinajstić information content (AvgIpc) is 2.58. The molecule has 0 unspecified atom stereocenters. The molecular formula is C18H25FN2O2. The first kappa shape index (κ1) is 16.4. The van der Waals surface area contributed by atoms with Crippen molar-refractivity contribution in [1.82, 2.24) is 10.2 Å². The second-order valence-electron chi connectivity index (χ2n) is 6.52. The third-order valence-electron chi connectivity index (χ3n) is 4.84. The third kappa shape index (κ3) is 4.52. The normalized spacial score (nSPS) is 23.0. The zero-order valence-electron chi connectivity index (χ0n) is 13.5. The molecule has 3 rings (SSSR count). The van der Waals surface area contributed by atoms with Crippen LogP contribution in [-0.2, 0) is 16.0 Å². The molecule has 1 aromatic rings. The Kier molecular flexibility index (Phi) is 5.62. The highest BCUT2D eigenvalue weighted by Gasteiger charge is 2.26. The van der Waals surface area contributed by atoms with Gasteiger partial charge in [-0.25, -0.2) is 4.39 Å². The van der Waals surface area contributed by atoms with Gasteiger partial charge in [0.15, 0.2) is 0 Å². The molecule has 0 saturated carbocycles. The standard InChI is InChI=1S/C18H25FN2O2/c19-17-4-2-1-3-15(17)11-14-5-8-21(9-6-14)18(22)12-16-13-20-7-10-23-16/h1-4,14,16,20H,5-13H2/t16-/m1/s1. The second kappa shape index (κ2) is 7.88. The Balaban J connectivity index is 1.44. The number of morpholine rings is 1. The molecule has 0 aromatic heterocycles. The molecule has 1 N–H and O–H groups in total. The van der Waals surface area contributed by atoms with Crippen LogP contribution in [0.1, 0.15) is 24.8 Å². The molecule has 4 nitrogen and oxygen atoms in total. The van der Waals surface area contributed by atoms with E-state index in [1.54, 1.807) is 6.07 Å². The lowest BCUT2D eigenvalue weighted by molar-refractivity contribution is -0.136. The van der Waals surface area contributed by atoms with Crippen LogP contribution in [0.15, 0.2) is 24.3 Å². The van der Waals surface area contributed by atoms with E-state index in [9.17, 15) is 9.18 Å². The van der Waals surface area contributed by atoms with Crippen LogP contribution in [-0.4, -0.2) is 49.7 Å². The number of carbonyl (C=O) groups is 1. The van der Waals surface area contributed by atoms with E-state index in [0.29, 0.717) is 18.9 Å². The molecule has 0 bridgehead atoms. The number of hydrogen-bond acceptors (Lipinski definition) is 3. The van der Waals surface area contributed by atoms with Crippen molar-refractivity contribution in [2.75, 3.05) is 32.8 Å². The topological polar surface area (TPSA) is 41.6 Å². The van der Waals surface area contributed by atoms with E-state index < -0.39 is 0 Å². The largest absolute Gasteiger partial charge is 0.375 e. The molecule has 1 atom stereocenters. The van der Waals surface area contributed by atoms with E-state index in [1.807, 2.05) is 17.0 Å². The number of nitrogens with zero attached hydrogens (tertiary/aromatic N) is 1. The van der Waals surface area contributed by atoms with E-state index in [1.165, 1.54) is 6.07 Å². The van der Waals surface area contributed by atoms with Crippen molar-refractivity contribution >= 4 is 5.91 Å². The Labute approximate surface area is 137 Å². The van der Waals surface area contributed by atoms with Crippen molar-refractivity contribution in [3.63, 3.8) is 0 Å². The molecule has 2 heterocycles. The van der Waals surface area contributed by atoms with Crippen molar-refractivity contribution in [1.29, 1.82) is 0 Å². The van der Waals surface area contributed by atoms with Crippen LogP contribution >= 0.6 is 0 Å². The maximum atomic E-state index is 13.7. The summed E-state index contributed by atoms with van der Waals surface area (Å²) in [4.78, 5) is 14.3. The van der Waals surface area contributed by atoms with Crippen molar-refractivity contribution in [3.8, 4) is 0 Å². The fourth-order valence-electron chi connectivity index (χ4n) is 3.44. The summed E-state index contributed by atoms with van der Waals surface area (Å²) in [6.45, 7) is 3.86. The van der Waals surface area contributed by atoms with Crippen molar-refractivity contribution in [2.45, 2.75) is 31.8 Å². The molecule has 2 aliphatic rings. The van der Waals surface area contributed by atoms with E-state index in [4.69, 9.17) is 4.74 Å². The molecule has 0 radical (unpaired) electrons. The number of benzene rings is 1. The molecule has 0 spiro atoms. The van der Waals surface area contributed by atoms with Crippen LogP contribution in [0.4, 0.5) is 4.39 Å². The quantitative estimate of drug-likeness (QED) is 0.922.